The molecule has 10 heteroatoms. The van der Waals surface area contributed by atoms with Crippen molar-refractivity contribution in [2.24, 2.45) is 0 Å². The molecule has 3 aromatic rings. The Morgan fingerprint density at radius 2 is 1.81 bits per heavy atom. The number of ether oxygens (including phenoxy) is 2. The van der Waals surface area contributed by atoms with E-state index in [9.17, 15) is 30.1 Å². The summed E-state index contributed by atoms with van der Waals surface area (Å²) in [5, 5.41) is 32.0. The number of nitrogens with one attached hydrogen (secondary N) is 1. The van der Waals surface area contributed by atoms with Crippen molar-refractivity contribution in [2.45, 2.75) is 13.5 Å². The van der Waals surface area contributed by atoms with Gasteiger partial charge >= 0.3 is 5.97 Å². The maximum absolute atomic E-state index is 12.6. The minimum absolute atomic E-state index is 0.0197. The number of carboxylic acid groups (broad SMARTS) is 1. The summed E-state index contributed by atoms with van der Waals surface area (Å²) in [6.45, 7) is 2.26. The fraction of sp³-hybridized carbons (Fsp3) is 0.115. The number of nitrogens with zero attached hydrogens (tertiary/aromatic N) is 2. The zero-order valence-corrected chi connectivity index (χ0v) is 19.1. The van der Waals surface area contributed by atoms with Gasteiger partial charge in [0.25, 0.3) is 11.6 Å². The van der Waals surface area contributed by atoms with Gasteiger partial charge in [-0.05, 0) is 60.5 Å². The number of amides is 1. The van der Waals surface area contributed by atoms with Crippen LogP contribution < -0.4 is 14.8 Å². The van der Waals surface area contributed by atoms with E-state index in [-0.39, 0.29) is 29.1 Å². The number of benzene rings is 3. The monoisotopic (exact) mass is 487 g/mol. The van der Waals surface area contributed by atoms with Crippen molar-refractivity contribution in [2.75, 3.05) is 11.9 Å². The number of carbonyl (C=O) groups is 2. The third-order valence-corrected chi connectivity index (χ3v) is 4.89. The summed E-state index contributed by atoms with van der Waals surface area (Å²) >= 11 is 0. The number of non-ortho nitro benzene ring substituents is 1. The molecule has 0 saturated carbocycles. The first kappa shape index (κ1) is 25.5. The molecule has 0 unspecified atom stereocenters. The molecule has 0 heterocycles. The lowest BCUT2D eigenvalue weighted by molar-refractivity contribution is -0.384. The van der Waals surface area contributed by atoms with E-state index in [2.05, 4.69) is 5.32 Å². The van der Waals surface area contributed by atoms with Gasteiger partial charge < -0.3 is 19.9 Å². The maximum Gasteiger partial charge on any atom is 0.337 e. The molecule has 3 rings (SSSR count). The Morgan fingerprint density at radius 1 is 1.08 bits per heavy atom. The number of anilines is 1. The van der Waals surface area contributed by atoms with Crippen LogP contribution >= 0.6 is 0 Å². The molecule has 0 aliphatic carbocycles. The zero-order valence-electron chi connectivity index (χ0n) is 19.1. The van der Waals surface area contributed by atoms with Gasteiger partial charge in [0, 0.05) is 12.1 Å². The summed E-state index contributed by atoms with van der Waals surface area (Å²) in [6, 6.07) is 18.5. The SMILES string of the molecule is CCOc1cc(/C=C(\C#N)C(=O)Nc2ccccc2C(=O)O)ccc1OCc1ccc([N+](=O)[O-])cc1. The molecule has 10 nitrogen and oxygen atoms in total. The number of hydrogen-bond acceptors (Lipinski definition) is 7. The Labute approximate surface area is 206 Å². The highest BCUT2D eigenvalue weighted by molar-refractivity contribution is 6.11. The molecule has 36 heavy (non-hydrogen) atoms. The smallest absolute Gasteiger partial charge is 0.337 e. The molecule has 0 bridgehead atoms. The highest BCUT2D eigenvalue weighted by atomic mass is 16.6. The molecule has 0 aliphatic rings. The maximum atomic E-state index is 12.6. The molecule has 0 aliphatic heterocycles. The van der Waals surface area contributed by atoms with Gasteiger partial charge in [-0.1, -0.05) is 18.2 Å². The normalized spacial score (nSPS) is 10.7. The minimum atomic E-state index is -1.21. The summed E-state index contributed by atoms with van der Waals surface area (Å²) in [6.07, 6.45) is 1.35. The summed E-state index contributed by atoms with van der Waals surface area (Å²) in [7, 11) is 0. The van der Waals surface area contributed by atoms with E-state index in [1.807, 2.05) is 6.07 Å². The molecular weight excluding hydrogens is 466 g/mol. The minimum Gasteiger partial charge on any atom is -0.490 e. The topological polar surface area (TPSA) is 152 Å². The summed E-state index contributed by atoms with van der Waals surface area (Å²) in [5.41, 5.74) is 0.916. The first-order valence-electron chi connectivity index (χ1n) is 10.7. The van der Waals surface area contributed by atoms with E-state index in [4.69, 9.17) is 9.47 Å². The van der Waals surface area contributed by atoms with Crippen LogP contribution in [0.4, 0.5) is 11.4 Å². The second kappa shape index (κ2) is 11.8. The standard InChI is InChI=1S/C26H21N3O7/c1-2-35-24-14-18(9-12-23(24)36-16-17-7-10-20(11-8-17)29(33)34)13-19(15-27)25(30)28-22-6-4-3-5-21(22)26(31)32/h3-14H,2,16H2,1H3,(H,28,30)(H,31,32)/b19-13+. The lowest BCUT2D eigenvalue weighted by atomic mass is 10.1. The van der Waals surface area contributed by atoms with Gasteiger partial charge in [-0.25, -0.2) is 4.79 Å². The van der Waals surface area contributed by atoms with E-state index in [0.717, 1.165) is 5.56 Å². The Bertz CT molecular complexity index is 1360. The highest BCUT2D eigenvalue weighted by Crippen LogP contribution is 2.30. The molecule has 0 radical (unpaired) electrons. The van der Waals surface area contributed by atoms with E-state index in [1.54, 1.807) is 43.3 Å². The van der Waals surface area contributed by atoms with E-state index >= 15 is 0 Å². The number of para-hydroxylation sites is 1. The number of aromatic carboxylic acids is 1. The lowest BCUT2D eigenvalue weighted by Crippen LogP contribution is -2.16. The second-order valence-electron chi connectivity index (χ2n) is 7.33. The molecule has 3 aromatic carbocycles. The number of nitro groups is 1. The number of carboxylic acids is 1. The number of nitro benzene ring substituents is 1. The number of rotatable bonds is 10. The summed E-state index contributed by atoms with van der Waals surface area (Å²) in [5.74, 6) is -1.19. The molecule has 1 amide bonds. The molecular formula is C26H21N3O7. The van der Waals surface area contributed by atoms with Crippen molar-refractivity contribution in [3.63, 3.8) is 0 Å². The molecule has 2 N–H and O–H groups in total. The predicted molar refractivity (Wildman–Crippen MR) is 131 cm³/mol. The van der Waals surface area contributed by atoms with Crippen molar-refractivity contribution in [1.29, 1.82) is 5.26 Å². The van der Waals surface area contributed by atoms with Crippen molar-refractivity contribution >= 4 is 29.3 Å². The number of hydrogen-bond donors (Lipinski definition) is 2. The van der Waals surface area contributed by atoms with Gasteiger partial charge in [0.2, 0.25) is 0 Å². The van der Waals surface area contributed by atoms with Crippen LogP contribution in [0.2, 0.25) is 0 Å². The van der Waals surface area contributed by atoms with Crippen molar-refractivity contribution in [3.05, 3.63) is 99.1 Å². The van der Waals surface area contributed by atoms with Gasteiger partial charge in [0.05, 0.1) is 22.8 Å². The highest BCUT2D eigenvalue weighted by Gasteiger charge is 2.15. The van der Waals surface area contributed by atoms with Gasteiger partial charge in [-0.2, -0.15) is 5.26 Å². The summed E-state index contributed by atoms with van der Waals surface area (Å²) in [4.78, 5) is 34.3. The largest absolute Gasteiger partial charge is 0.490 e. The number of nitriles is 1. The first-order valence-corrected chi connectivity index (χ1v) is 10.7. The molecule has 0 saturated heterocycles. The molecule has 182 valence electrons. The zero-order chi connectivity index (χ0) is 26.1. The van der Waals surface area contributed by atoms with Crippen LogP contribution in [-0.2, 0) is 11.4 Å². The van der Waals surface area contributed by atoms with Crippen molar-refractivity contribution in [3.8, 4) is 17.6 Å². The van der Waals surface area contributed by atoms with Gasteiger partial charge in [0.15, 0.2) is 11.5 Å². The second-order valence-corrected chi connectivity index (χ2v) is 7.33. The third kappa shape index (κ3) is 6.45. The average molecular weight is 487 g/mol. The van der Waals surface area contributed by atoms with Crippen molar-refractivity contribution in [1.82, 2.24) is 0 Å². The van der Waals surface area contributed by atoms with E-state index in [1.165, 1.54) is 36.4 Å². The fourth-order valence-electron chi connectivity index (χ4n) is 3.16. The average Bonchev–Trinajstić information content (AvgIpc) is 2.87. The van der Waals surface area contributed by atoms with Crippen LogP contribution in [0, 0.1) is 21.4 Å². The van der Waals surface area contributed by atoms with Crippen LogP contribution in [0.1, 0.15) is 28.4 Å². The van der Waals surface area contributed by atoms with E-state index in [0.29, 0.717) is 23.7 Å². The third-order valence-electron chi connectivity index (χ3n) is 4.89. The Morgan fingerprint density at radius 3 is 2.44 bits per heavy atom. The Hall–Kier alpha value is -5.17. The molecule has 0 aromatic heterocycles. The first-order chi connectivity index (χ1) is 17.3. The summed E-state index contributed by atoms with van der Waals surface area (Å²) < 4.78 is 11.4. The molecule has 0 atom stereocenters. The van der Waals surface area contributed by atoms with Gasteiger partial charge in [-0.15, -0.1) is 0 Å². The fourth-order valence-corrected chi connectivity index (χ4v) is 3.16. The van der Waals surface area contributed by atoms with Gasteiger partial charge in [0.1, 0.15) is 18.2 Å². The van der Waals surface area contributed by atoms with Crippen LogP contribution in [0.3, 0.4) is 0 Å². The molecule has 0 spiro atoms. The van der Waals surface area contributed by atoms with Crippen LogP contribution in [0.15, 0.2) is 72.3 Å². The van der Waals surface area contributed by atoms with Gasteiger partial charge in [-0.3, -0.25) is 14.9 Å². The van der Waals surface area contributed by atoms with E-state index < -0.39 is 16.8 Å². The van der Waals surface area contributed by atoms with Crippen LogP contribution in [0.25, 0.3) is 6.08 Å². The number of carbonyl (C=O) groups excluding carboxylic acids is 1. The van der Waals surface area contributed by atoms with Crippen molar-refractivity contribution < 1.29 is 29.1 Å². The predicted octanol–water partition coefficient (Wildman–Crippen LogP) is 4.82. The molecule has 0 fully saturated rings. The Balaban J connectivity index is 1.79. The Kier molecular flexibility index (Phi) is 8.35. The van der Waals surface area contributed by atoms with Crippen LogP contribution in [0.5, 0.6) is 11.5 Å². The van der Waals surface area contributed by atoms with Crippen LogP contribution in [-0.4, -0.2) is 28.5 Å². The lowest BCUT2D eigenvalue weighted by Gasteiger charge is -2.13. The quantitative estimate of drug-likeness (QED) is 0.179.